The van der Waals surface area contributed by atoms with Crippen LogP contribution >= 0.6 is 11.6 Å². The minimum atomic E-state index is -2.99. The molecule has 1 atom stereocenters. The third-order valence-corrected chi connectivity index (χ3v) is 5.30. The van der Waals surface area contributed by atoms with Crippen LogP contribution in [0.15, 0.2) is 40.9 Å². The van der Waals surface area contributed by atoms with E-state index in [0.29, 0.717) is 28.8 Å². The highest BCUT2D eigenvalue weighted by Gasteiger charge is 2.26. The Morgan fingerprint density at radius 3 is 2.74 bits per heavy atom. The summed E-state index contributed by atoms with van der Waals surface area (Å²) in [5.74, 6) is 0.241. The SMILES string of the molecule is CC(N)c1oc(-c2ccc(OC(F)F)c(OCC3CC3)c2)nc1C(=O)NCc1ccc(Cl)cn1. The Morgan fingerprint density at radius 1 is 1.29 bits per heavy atom. The van der Waals surface area contributed by atoms with Crippen LogP contribution < -0.4 is 20.5 Å². The molecule has 180 valence electrons. The smallest absolute Gasteiger partial charge is 0.387 e. The van der Waals surface area contributed by atoms with Crippen LogP contribution in [0.25, 0.3) is 11.5 Å². The average molecular weight is 493 g/mol. The number of carbonyl (C=O) groups excluding carboxylic acids is 1. The first-order chi connectivity index (χ1) is 16.3. The second kappa shape index (κ2) is 10.4. The summed E-state index contributed by atoms with van der Waals surface area (Å²) in [5, 5.41) is 3.21. The van der Waals surface area contributed by atoms with Crippen LogP contribution in [0.1, 0.15) is 47.7 Å². The summed E-state index contributed by atoms with van der Waals surface area (Å²) in [6.07, 6.45) is 3.55. The van der Waals surface area contributed by atoms with Crippen molar-refractivity contribution in [2.45, 2.75) is 39.0 Å². The van der Waals surface area contributed by atoms with E-state index in [1.165, 1.54) is 24.4 Å². The number of rotatable bonds is 10. The molecule has 3 N–H and O–H groups in total. The summed E-state index contributed by atoms with van der Waals surface area (Å²) in [4.78, 5) is 21.3. The third-order valence-electron chi connectivity index (χ3n) is 5.08. The zero-order valence-electron chi connectivity index (χ0n) is 18.3. The Balaban J connectivity index is 1.57. The highest BCUT2D eigenvalue weighted by molar-refractivity contribution is 6.30. The van der Waals surface area contributed by atoms with Crippen LogP contribution in [-0.2, 0) is 6.54 Å². The molecule has 0 spiro atoms. The first-order valence-electron chi connectivity index (χ1n) is 10.7. The molecule has 2 aromatic heterocycles. The molecule has 0 radical (unpaired) electrons. The topological polar surface area (TPSA) is 113 Å². The van der Waals surface area contributed by atoms with Crippen molar-refractivity contribution >= 4 is 17.5 Å². The molecule has 1 unspecified atom stereocenters. The van der Waals surface area contributed by atoms with Crippen molar-refractivity contribution in [3.63, 3.8) is 0 Å². The number of pyridine rings is 1. The minimum Gasteiger partial charge on any atom is -0.489 e. The van der Waals surface area contributed by atoms with Crippen LogP contribution in [0.3, 0.4) is 0 Å². The van der Waals surface area contributed by atoms with Crippen LogP contribution in [0.4, 0.5) is 8.78 Å². The number of carbonyl (C=O) groups is 1. The highest BCUT2D eigenvalue weighted by Crippen LogP contribution is 2.37. The van der Waals surface area contributed by atoms with Gasteiger partial charge in [0, 0.05) is 11.8 Å². The Labute approximate surface area is 199 Å². The van der Waals surface area contributed by atoms with E-state index < -0.39 is 18.6 Å². The highest BCUT2D eigenvalue weighted by atomic mass is 35.5. The van der Waals surface area contributed by atoms with E-state index in [4.69, 9.17) is 26.5 Å². The van der Waals surface area contributed by atoms with E-state index in [1.807, 2.05) is 0 Å². The maximum Gasteiger partial charge on any atom is 0.387 e. The Bertz CT molecular complexity index is 1150. The van der Waals surface area contributed by atoms with Crippen molar-refractivity contribution in [2.75, 3.05) is 6.61 Å². The van der Waals surface area contributed by atoms with Gasteiger partial charge in [-0.25, -0.2) is 4.98 Å². The van der Waals surface area contributed by atoms with E-state index in [-0.39, 0.29) is 35.4 Å². The number of nitrogens with zero attached hydrogens (tertiary/aromatic N) is 2. The number of ether oxygens (including phenoxy) is 2. The quantitative estimate of drug-likeness (QED) is 0.420. The van der Waals surface area contributed by atoms with Gasteiger partial charge in [0.2, 0.25) is 5.89 Å². The van der Waals surface area contributed by atoms with Gasteiger partial charge in [-0.3, -0.25) is 9.78 Å². The molecule has 0 aliphatic heterocycles. The van der Waals surface area contributed by atoms with Crippen molar-refractivity contribution in [1.29, 1.82) is 0 Å². The lowest BCUT2D eigenvalue weighted by atomic mass is 10.2. The van der Waals surface area contributed by atoms with Gasteiger partial charge in [-0.15, -0.1) is 0 Å². The second-order valence-corrected chi connectivity index (χ2v) is 8.40. The van der Waals surface area contributed by atoms with Gasteiger partial charge in [0.15, 0.2) is 23.0 Å². The molecule has 1 fully saturated rings. The van der Waals surface area contributed by atoms with E-state index in [0.717, 1.165) is 12.8 Å². The summed E-state index contributed by atoms with van der Waals surface area (Å²) in [6, 6.07) is 7.08. The number of halogens is 3. The predicted molar refractivity (Wildman–Crippen MR) is 120 cm³/mol. The fourth-order valence-corrected chi connectivity index (χ4v) is 3.24. The van der Waals surface area contributed by atoms with E-state index in [9.17, 15) is 13.6 Å². The summed E-state index contributed by atoms with van der Waals surface area (Å²) in [7, 11) is 0. The van der Waals surface area contributed by atoms with Crippen LogP contribution in [0, 0.1) is 5.92 Å². The first kappa shape index (κ1) is 23.9. The molecule has 1 aliphatic rings. The number of nitrogens with two attached hydrogens (primary N) is 1. The summed E-state index contributed by atoms with van der Waals surface area (Å²) < 4.78 is 41.7. The number of aromatic nitrogens is 2. The number of nitrogens with one attached hydrogen (secondary N) is 1. The maximum absolute atomic E-state index is 12.8. The second-order valence-electron chi connectivity index (χ2n) is 7.97. The van der Waals surface area contributed by atoms with Crippen LogP contribution in [-0.4, -0.2) is 29.1 Å². The predicted octanol–water partition coefficient (Wildman–Crippen LogP) is 4.73. The number of hydrogen-bond donors (Lipinski definition) is 2. The summed E-state index contributed by atoms with van der Waals surface area (Å²) in [5.41, 5.74) is 7.05. The van der Waals surface area contributed by atoms with Gasteiger partial charge in [-0.05, 0) is 56.0 Å². The lowest BCUT2D eigenvalue weighted by Crippen LogP contribution is -2.25. The molecule has 4 rings (SSSR count). The lowest BCUT2D eigenvalue weighted by molar-refractivity contribution is -0.0515. The van der Waals surface area contributed by atoms with E-state index in [1.54, 1.807) is 19.1 Å². The number of oxazole rings is 1. The first-order valence-corrected chi connectivity index (χ1v) is 11.0. The Morgan fingerprint density at radius 2 is 2.09 bits per heavy atom. The van der Waals surface area contributed by atoms with Crippen molar-refractivity contribution in [3.8, 4) is 23.0 Å². The van der Waals surface area contributed by atoms with Crippen molar-refractivity contribution in [1.82, 2.24) is 15.3 Å². The van der Waals surface area contributed by atoms with Crippen molar-refractivity contribution in [3.05, 3.63) is 58.7 Å². The molecule has 8 nitrogen and oxygen atoms in total. The van der Waals surface area contributed by atoms with Crippen molar-refractivity contribution < 1.29 is 27.5 Å². The molecule has 2 heterocycles. The monoisotopic (exact) mass is 492 g/mol. The normalized spacial score (nSPS) is 14.2. The fraction of sp³-hybridized carbons (Fsp3) is 0.348. The molecule has 0 saturated heterocycles. The van der Waals surface area contributed by atoms with Gasteiger partial charge in [-0.2, -0.15) is 8.78 Å². The molecule has 3 aromatic rings. The lowest BCUT2D eigenvalue weighted by Gasteiger charge is -2.12. The zero-order valence-corrected chi connectivity index (χ0v) is 19.0. The van der Waals surface area contributed by atoms with Gasteiger partial charge in [0.1, 0.15) is 0 Å². The Hall–Kier alpha value is -3.24. The number of alkyl halides is 2. The minimum absolute atomic E-state index is 0.0207. The molecular weight excluding hydrogens is 470 g/mol. The molecule has 1 aliphatic carbocycles. The average Bonchev–Trinajstić information content (AvgIpc) is 3.52. The van der Waals surface area contributed by atoms with Crippen LogP contribution in [0.2, 0.25) is 5.02 Å². The van der Waals surface area contributed by atoms with Gasteiger partial charge in [0.25, 0.3) is 5.91 Å². The van der Waals surface area contributed by atoms with Gasteiger partial charge in [0.05, 0.1) is 29.9 Å². The molecule has 1 aromatic carbocycles. The largest absolute Gasteiger partial charge is 0.489 e. The number of hydrogen-bond acceptors (Lipinski definition) is 7. The Kier molecular flexibility index (Phi) is 7.28. The maximum atomic E-state index is 12.8. The van der Waals surface area contributed by atoms with Crippen molar-refractivity contribution in [2.24, 2.45) is 11.7 Å². The molecular formula is C23H23ClF2N4O4. The summed E-state index contributed by atoms with van der Waals surface area (Å²) in [6.45, 7) is -0.793. The van der Waals surface area contributed by atoms with E-state index >= 15 is 0 Å². The van der Waals surface area contributed by atoms with Gasteiger partial charge in [-0.1, -0.05) is 11.6 Å². The zero-order chi connectivity index (χ0) is 24.2. The van der Waals surface area contributed by atoms with Crippen LogP contribution in [0.5, 0.6) is 11.5 Å². The molecule has 0 bridgehead atoms. The molecule has 1 saturated carbocycles. The van der Waals surface area contributed by atoms with Gasteiger partial charge >= 0.3 is 6.61 Å². The molecule has 34 heavy (non-hydrogen) atoms. The van der Waals surface area contributed by atoms with Gasteiger partial charge < -0.3 is 24.9 Å². The van der Waals surface area contributed by atoms with E-state index in [2.05, 4.69) is 20.0 Å². The molecule has 1 amide bonds. The number of amides is 1. The third kappa shape index (κ3) is 6.00. The standard InChI is InChI=1S/C23H23ClF2N4O4/c1-12(27)20-19(21(31)29-10-16-6-5-15(24)9-28-16)30-22(34-20)14-4-7-17(33-23(25)26)18(8-14)32-11-13-2-3-13/h4-9,12-13,23H,2-3,10-11,27H2,1H3,(H,29,31). The summed E-state index contributed by atoms with van der Waals surface area (Å²) >= 11 is 5.83. The number of benzene rings is 1. The molecule has 11 heteroatoms. The fourth-order valence-electron chi connectivity index (χ4n) is 3.13.